The highest BCUT2D eigenvalue weighted by Gasteiger charge is 2.23. The molecule has 1 saturated heterocycles. The van der Waals surface area contributed by atoms with Crippen molar-refractivity contribution in [2.45, 2.75) is 0 Å². The molecule has 1 fully saturated rings. The number of rotatable bonds is 3. The number of amides is 1. The fraction of sp³-hybridized carbons (Fsp3) is 0. The van der Waals surface area contributed by atoms with Crippen LogP contribution in [0.1, 0.15) is 11.1 Å². The van der Waals surface area contributed by atoms with Gasteiger partial charge in [-0.15, -0.1) is 5.10 Å². The second kappa shape index (κ2) is 7.66. The second-order valence-electron chi connectivity index (χ2n) is 4.82. The first kappa shape index (κ1) is 16.8. The number of carbonyl (C=O) groups excluding carboxylic acids is 1. The van der Waals surface area contributed by atoms with Crippen molar-refractivity contribution in [3.63, 3.8) is 0 Å². The SMILES string of the molecule is O=C1NC(=N/N=C\c2ccc(Cl)cc2)S/C1=C/c1ccc(Cl)cc1. The van der Waals surface area contributed by atoms with Crippen molar-refractivity contribution in [2.75, 3.05) is 0 Å². The van der Waals surface area contributed by atoms with Crippen LogP contribution in [0.15, 0.2) is 63.6 Å². The molecular weight excluding hydrogens is 365 g/mol. The summed E-state index contributed by atoms with van der Waals surface area (Å²) in [6, 6.07) is 14.4. The summed E-state index contributed by atoms with van der Waals surface area (Å²) in [5, 5.41) is 12.4. The van der Waals surface area contributed by atoms with Crippen LogP contribution < -0.4 is 5.32 Å². The third-order valence-electron chi connectivity index (χ3n) is 3.04. The fourth-order valence-electron chi connectivity index (χ4n) is 1.88. The Morgan fingerprint density at radius 2 is 1.50 bits per heavy atom. The lowest BCUT2D eigenvalue weighted by atomic mass is 10.2. The van der Waals surface area contributed by atoms with Gasteiger partial charge in [0.05, 0.1) is 11.1 Å². The number of benzene rings is 2. The maximum atomic E-state index is 12.0. The van der Waals surface area contributed by atoms with Crippen LogP contribution >= 0.6 is 35.0 Å². The average Bonchev–Trinajstić information content (AvgIpc) is 2.91. The van der Waals surface area contributed by atoms with Gasteiger partial charge in [-0.25, -0.2) is 0 Å². The summed E-state index contributed by atoms with van der Waals surface area (Å²) in [7, 11) is 0. The number of nitrogens with one attached hydrogen (secondary N) is 1. The highest BCUT2D eigenvalue weighted by atomic mass is 35.5. The van der Waals surface area contributed by atoms with Gasteiger partial charge in [0.25, 0.3) is 5.91 Å². The summed E-state index contributed by atoms with van der Waals surface area (Å²) in [5.41, 5.74) is 1.76. The quantitative estimate of drug-likeness (QED) is 0.484. The summed E-state index contributed by atoms with van der Waals surface area (Å²) in [6.07, 6.45) is 3.37. The highest BCUT2D eigenvalue weighted by molar-refractivity contribution is 8.18. The Labute approximate surface area is 153 Å². The Kier molecular flexibility index (Phi) is 5.35. The van der Waals surface area contributed by atoms with Gasteiger partial charge in [0.2, 0.25) is 0 Å². The van der Waals surface area contributed by atoms with Crippen molar-refractivity contribution in [3.05, 3.63) is 74.6 Å². The van der Waals surface area contributed by atoms with Crippen LogP contribution in [0.3, 0.4) is 0 Å². The molecule has 2 aromatic rings. The van der Waals surface area contributed by atoms with E-state index in [4.69, 9.17) is 23.2 Å². The van der Waals surface area contributed by atoms with Crippen LogP contribution in [0, 0.1) is 0 Å². The minimum absolute atomic E-state index is 0.199. The molecule has 0 saturated carbocycles. The predicted molar refractivity (Wildman–Crippen MR) is 102 cm³/mol. The Bertz CT molecular complexity index is 843. The monoisotopic (exact) mass is 375 g/mol. The molecule has 4 nitrogen and oxygen atoms in total. The van der Waals surface area contributed by atoms with E-state index in [1.165, 1.54) is 11.8 Å². The number of amidine groups is 1. The zero-order valence-corrected chi connectivity index (χ0v) is 14.6. The Hall–Kier alpha value is -2.08. The minimum atomic E-state index is -0.199. The first-order valence-corrected chi connectivity index (χ1v) is 8.50. The average molecular weight is 376 g/mol. The van der Waals surface area contributed by atoms with Gasteiger partial charge in [0, 0.05) is 10.0 Å². The zero-order chi connectivity index (χ0) is 16.9. The third-order valence-corrected chi connectivity index (χ3v) is 4.45. The molecule has 0 bridgehead atoms. The van der Waals surface area contributed by atoms with E-state index in [1.54, 1.807) is 36.6 Å². The maximum Gasteiger partial charge on any atom is 0.264 e. The maximum absolute atomic E-state index is 12.0. The standard InChI is InChI=1S/C17H11Cl2N3OS/c18-13-5-1-11(2-6-13)9-15-16(23)21-17(24-15)22-20-10-12-3-7-14(19)8-4-12/h1-10H,(H,21,22,23)/b15-9+,20-10-. The summed E-state index contributed by atoms with van der Waals surface area (Å²) in [6.45, 7) is 0. The number of hydrogen-bond donors (Lipinski definition) is 1. The first-order chi connectivity index (χ1) is 11.6. The van der Waals surface area contributed by atoms with Gasteiger partial charge >= 0.3 is 0 Å². The van der Waals surface area contributed by atoms with Crippen molar-refractivity contribution >= 4 is 58.3 Å². The van der Waals surface area contributed by atoms with E-state index in [2.05, 4.69) is 15.5 Å². The van der Waals surface area contributed by atoms with E-state index < -0.39 is 0 Å². The molecule has 24 heavy (non-hydrogen) atoms. The molecule has 1 amide bonds. The minimum Gasteiger partial charge on any atom is -0.299 e. The van der Waals surface area contributed by atoms with Gasteiger partial charge in [-0.3, -0.25) is 10.1 Å². The van der Waals surface area contributed by atoms with Gasteiger partial charge in [-0.1, -0.05) is 47.5 Å². The molecule has 0 radical (unpaired) electrons. The molecule has 0 unspecified atom stereocenters. The Morgan fingerprint density at radius 1 is 0.917 bits per heavy atom. The van der Waals surface area contributed by atoms with Crippen LogP contribution in [-0.2, 0) is 4.79 Å². The summed E-state index contributed by atoms with van der Waals surface area (Å²) in [4.78, 5) is 12.5. The summed E-state index contributed by atoms with van der Waals surface area (Å²) >= 11 is 12.9. The van der Waals surface area contributed by atoms with Gasteiger partial charge in [0.15, 0.2) is 5.17 Å². The van der Waals surface area contributed by atoms with Gasteiger partial charge < -0.3 is 0 Å². The van der Waals surface area contributed by atoms with Crippen molar-refractivity contribution in [1.29, 1.82) is 0 Å². The molecule has 1 aliphatic heterocycles. The lowest BCUT2D eigenvalue weighted by molar-refractivity contribution is -0.115. The first-order valence-electron chi connectivity index (χ1n) is 6.93. The molecule has 120 valence electrons. The molecule has 2 aromatic carbocycles. The largest absolute Gasteiger partial charge is 0.299 e. The van der Waals surface area contributed by atoms with Gasteiger partial charge in [-0.05, 0) is 53.2 Å². The smallest absolute Gasteiger partial charge is 0.264 e. The molecule has 1 heterocycles. The molecule has 0 aliphatic carbocycles. The molecule has 0 atom stereocenters. The van der Waals surface area contributed by atoms with Gasteiger partial charge in [-0.2, -0.15) is 5.10 Å². The van der Waals surface area contributed by atoms with Crippen molar-refractivity contribution in [1.82, 2.24) is 5.32 Å². The van der Waals surface area contributed by atoms with Crippen molar-refractivity contribution < 1.29 is 4.79 Å². The Morgan fingerprint density at radius 3 is 2.12 bits per heavy atom. The summed E-state index contributed by atoms with van der Waals surface area (Å²) < 4.78 is 0. The van der Waals surface area contributed by atoms with Crippen LogP contribution in [-0.4, -0.2) is 17.3 Å². The van der Waals surface area contributed by atoms with Crippen LogP contribution in [0.4, 0.5) is 0 Å². The molecule has 7 heteroatoms. The molecular formula is C17H11Cl2N3OS. The predicted octanol–water partition coefficient (Wildman–Crippen LogP) is 4.59. The molecule has 1 aliphatic rings. The topological polar surface area (TPSA) is 53.8 Å². The number of hydrogen-bond acceptors (Lipinski definition) is 4. The lowest BCUT2D eigenvalue weighted by Gasteiger charge is -1.94. The second-order valence-corrected chi connectivity index (χ2v) is 6.72. The number of thioether (sulfide) groups is 1. The van der Waals surface area contributed by atoms with Crippen LogP contribution in [0.2, 0.25) is 10.0 Å². The Balaban J connectivity index is 1.69. The third kappa shape index (κ3) is 4.47. The number of nitrogens with zero attached hydrogens (tertiary/aromatic N) is 2. The van der Waals surface area contributed by atoms with Crippen molar-refractivity contribution in [3.8, 4) is 0 Å². The summed E-state index contributed by atoms with van der Waals surface area (Å²) in [5.74, 6) is -0.199. The van der Waals surface area contributed by atoms with E-state index in [-0.39, 0.29) is 5.91 Å². The molecule has 3 rings (SSSR count). The van der Waals surface area contributed by atoms with Gasteiger partial charge in [0.1, 0.15) is 0 Å². The lowest BCUT2D eigenvalue weighted by Crippen LogP contribution is -2.19. The fourth-order valence-corrected chi connectivity index (χ4v) is 2.91. The molecule has 1 N–H and O–H groups in total. The molecule has 0 aromatic heterocycles. The van der Waals surface area contributed by atoms with E-state index in [1.807, 2.05) is 24.3 Å². The zero-order valence-electron chi connectivity index (χ0n) is 12.2. The van der Waals surface area contributed by atoms with E-state index in [0.717, 1.165) is 11.1 Å². The van der Waals surface area contributed by atoms with Crippen LogP contribution in [0.25, 0.3) is 6.08 Å². The van der Waals surface area contributed by atoms with E-state index >= 15 is 0 Å². The van der Waals surface area contributed by atoms with Crippen molar-refractivity contribution in [2.24, 2.45) is 10.2 Å². The highest BCUT2D eigenvalue weighted by Crippen LogP contribution is 2.26. The van der Waals surface area contributed by atoms with E-state index in [9.17, 15) is 4.79 Å². The van der Waals surface area contributed by atoms with Crippen LogP contribution in [0.5, 0.6) is 0 Å². The van der Waals surface area contributed by atoms with E-state index in [0.29, 0.717) is 20.1 Å². The normalized spacial score (nSPS) is 17.8. The number of carbonyl (C=O) groups is 1. The molecule has 0 spiro atoms. The number of halogens is 2.